The van der Waals surface area contributed by atoms with Crippen LogP contribution in [0.25, 0.3) is 0 Å². The van der Waals surface area contributed by atoms with E-state index in [9.17, 15) is 31.5 Å². The lowest BCUT2D eigenvalue weighted by Crippen LogP contribution is -2.30. The third kappa shape index (κ3) is 4.82. The van der Waals surface area contributed by atoms with Gasteiger partial charge in [-0.1, -0.05) is 18.2 Å². The highest BCUT2D eigenvalue weighted by Gasteiger charge is 2.31. The first-order valence-corrected chi connectivity index (χ1v) is 10.7. The summed E-state index contributed by atoms with van der Waals surface area (Å²) in [7, 11) is -3.99. The molecule has 0 bridgehead atoms. The van der Waals surface area contributed by atoms with E-state index in [4.69, 9.17) is 5.11 Å². The summed E-state index contributed by atoms with van der Waals surface area (Å²) in [5.74, 6) is -1.53. The third-order valence-corrected chi connectivity index (χ3v) is 6.61. The van der Waals surface area contributed by atoms with Gasteiger partial charge in [-0.15, -0.1) is 0 Å². The number of carboxylic acid groups (broad SMARTS) is 1. The molecule has 2 aromatic carbocycles. The molecule has 30 heavy (non-hydrogen) atoms. The lowest BCUT2D eigenvalue weighted by atomic mass is 9.82. The Bertz CT molecular complexity index is 1040. The Morgan fingerprint density at radius 2 is 1.83 bits per heavy atom. The summed E-state index contributed by atoms with van der Waals surface area (Å²) in [4.78, 5) is 10.7. The molecule has 0 saturated heterocycles. The van der Waals surface area contributed by atoms with Gasteiger partial charge in [-0.3, -0.25) is 0 Å². The van der Waals surface area contributed by atoms with Crippen LogP contribution in [-0.2, 0) is 27.4 Å². The van der Waals surface area contributed by atoms with E-state index < -0.39 is 33.8 Å². The van der Waals surface area contributed by atoms with Crippen molar-refractivity contribution >= 4 is 16.0 Å². The molecular formula is C20H20F3NO5S. The van der Waals surface area contributed by atoms with E-state index in [1.165, 1.54) is 6.07 Å². The number of aliphatic hydroxyl groups excluding tert-OH is 1. The second kappa shape index (κ2) is 8.37. The molecule has 6 nitrogen and oxygen atoms in total. The number of carbonyl (C=O) groups is 1. The van der Waals surface area contributed by atoms with Crippen molar-refractivity contribution in [3.63, 3.8) is 0 Å². The van der Waals surface area contributed by atoms with Gasteiger partial charge in [0.2, 0.25) is 10.0 Å². The Morgan fingerprint density at radius 1 is 1.17 bits per heavy atom. The SMILES string of the molecule is O=C(O)C(O)c1ccc2c(c1)CCCC2CNS(=O)(=O)c1ccc(C(F)(F)F)cc1. The lowest BCUT2D eigenvalue weighted by molar-refractivity contribution is -0.147. The van der Waals surface area contributed by atoms with Crippen LogP contribution in [0, 0.1) is 0 Å². The molecule has 0 radical (unpaired) electrons. The predicted octanol–water partition coefficient (Wildman–Crippen LogP) is 3.22. The number of hydrogen-bond acceptors (Lipinski definition) is 4. The molecule has 0 heterocycles. The van der Waals surface area contributed by atoms with E-state index in [1.807, 2.05) is 0 Å². The van der Waals surface area contributed by atoms with E-state index in [2.05, 4.69) is 4.72 Å². The fraction of sp³-hybridized carbons (Fsp3) is 0.350. The van der Waals surface area contributed by atoms with Crippen molar-refractivity contribution in [1.29, 1.82) is 0 Å². The van der Waals surface area contributed by atoms with Crippen molar-refractivity contribution < 1.29 is 36.6 Å². The van der Waals surface area contributed by atoms with Gasteiger partial charge in [0.05, 0.1) is 10.5 Å². The Kier molecular flexibility index (Phi) is 6.21. The summed E-state index contributed by atoms with van der Waals surface area (Å²) in [6.07, 6.45) is -4.05. The number of nitrogens with one attached hydrogen (secondary N) is 1. The van der Waals surface area contributed by atoms with Crippen molar-refractivity contribution in [1.82, 2.24) is 4.72 Å². The van der Waals surface area contributed by atoms with Crippen LogP contribution >= 0.6 is 0 Å². The second-order valence-electron chi connectivity index (χ2n) is 7.16. The summed E-state index contributed by atoms with van der Waals surface area (Å²) in [6, 6.07) is 8.08. The smallest absolute Gasteiger partial charge is 0.416 e. The molecule has 2 atom stereocenters. The molecule has 2 unspecified atom stereocenters. The van der Waals surface area contributed by atoms with Gasteiger partial charge < -0.3 is 10.2 Å². The highest BCUT2D eigenvalue weighted by atomic mass is 32.2. The standard InChI is InChI=1S/C20H20F3NO5S/c21-20(22,23)15-5-7-16(8-6-15)30(28,29)24-11-14-3-1-2-12-10-13(4-9-17(12)14)18(25)19(26)27/h4-10,14,18,24-25H,1-3,11H2,(H,26,27). The zero-order valence-electron chi connectivity index (χ0n) is 15.7. The predicted molar refractivity (Wildman–Crippen MR) is 101 cm³/mol. The van der Waals surface area contributed by atoms with E-state index in [0.717, 1.165) is 41.8 Å². The van der Waals surface area contributed by atoms with Gasteiger partial charge in [0.15, 0.2) is 6.10 Å². The lowest BCUT2D eigenvalue weighted by Gasteiger charge is -2.26. The molecule has 162 valence electrons. The Balaban J connectivity index is 1.74. The fourth-order valence-corrected chi connectivity index (χ4v) is 4.66. The summed E-state index contributed by atoms with van der Waals surface area (Å²) in [5, 5.41) is 18.7. The molecular weight excluding hydrogens is 423 g/mol. The minimum absolute atomic E-state index is 0.0528. The molecule has 0 amide bonds. The monoisotopic (exact) mass is 443 g/mol. The van der Waals surface area contributed by atoms with Crippen LogP contribution in [-0.4, -0.2) is 31.1 Å². The van der Waals surface area contributed by atoms with Crippen LogP contribution in [0.1, 0.15) is 47.1 Å². The summed E-state index contributed by atoms with van der Waals surface area (Å²) in [5.41, 5.74) is 1.03. The number of alkyl halides is 3. The van der Waals surface area contributed by atoms with Crippen LogP contribution < -0.4 is 4.72 Å². The molecule has 0 fully saturated rings. The summed E-state index contributed by atoms with van der Waals surface area (Å²) in [6.45, 7) is 0.0528. The number of aliphatic hydroxyl groups is 1. The van der Waals surface area contributed by atoms with E-state index >= 15 is 0 Å². The highest BCUT2D eigenvalue weighted by Crippen LogP contribution is 2.33. The fourth-order valence-electron chi connectivity index (χ4n) is 3.58. The molecule has 0 aromatic heterocycles. The molecule has 0 aliphatic heterocycles. The highest BCUT2D eigenvalue weighted by molar-refractivity contribution is 7.89. The van der Waals surface area contributed by atoms with Crippen LogP contribution in [0.15, 0.2) is 47.4 Å². The zero-order valence-corrected chi connectivity index (χ0v) is 16.5. The van der Waals surface area contributed by atoms with Gasteiger partial charge >= 0.3 is 12.1 Å². The van der Waals surface area contributed by atoms with Crippen LogP contribution in [0.4, 0.5) is 13.2 Å². The van der Waals surface area contributed by atoms with Gasteiger partial charge in [0, 0.05) is 6.54 Å². The quantitative estimate of drug-likeness (QED) is 0.636. The van der Waals surface area contributed by atoms with Crippen LogP contribution in [0.2, 0.25) is 0 Å². The summed E-state index contributed by atoms with van der Waals surface area (Å²) >= 11 is 0. The van der Waals surface area contributed by atoms with E-state index in [-0.39, 0.29) is 22.9 Å². The average molecular weight is 443 g/mol. The molecule has 3 rings (SSSR count). The molecule has 1 aliphatic carbocycles. The van der Waals surface area contributed by atoms with Gasteiger partial charge in [-0.05, 0) is 66.1 Å². The molecule has 0 spiro atoms. The van der Waals surface area contributed by atoms with Gasteiger partial charge in [0.25, 0.3) is 0 Å². The number of hydrogen-bond donors (Lipinski definition) is 3. The van der Waals surface area contributed by atoms with Crippen molar-refractivity contribution in [2.24, 2.45) is 0 Å². The van der Waals surface area contributed by atoms with Crippen molar-refractivity contribution in [3.05, 3.63) is 64.7 Å². The second-order valence-corrected chi connectivity index (χ2v) is 8.93. The molecule has 10 heteroatoms. The Morgan fingerprint density at radius 3 is 2.43 bits per heavy atom. The number of aryl methyl sites for hydroxylation is 1. The van der Waals surface area contributed by atoms with Crippen molar-refractivity contribution in [2.45, 2.75) is 42.4 Å². The minimum atomic E-state index is -4.55. The van der Waals surface area contributed by atoms with Gasteiger partial charge in [-0.25, -0.2) is 17.9 Å². The first kappa shape index (κ1) is 22.3. The maximum absolute atomic E-state index is 12.7. The number of aliphatic carboxylic acids is 1. The van der Waals surface area contributed by atoms with E-state index in [0.29, 0.717) is 12.8 Å². The molecule has 0 saturated carbocycles. The van der Waals surface area contributed by atoms with Crippen molar-refractivity contribution in [3.8, 4) is 0 Å². The average Bonchev–Trinajstić information content (AvgIpc) is 2.70. The zero-order chi connectivity index (χ0) is 22.1. The van der Waals surface area contributed by atoms with Gasteiger partial charge in [-0.2, -0.15) is 13.2 Å². The number of carboxylic acids is 1. The van der Waals surface area contributed by atoms with Crippen LogP contribution in [0.3, 0.4) is 0 Å². The molecule has 1 aliphatic rings. The first-order valence-electron chi connectivity index (χ1n) is 9.19. The van der Waals surface area contributed by atoms with Crippen molar-refractivity contribution in [2.75, 3.05) is 6.54 Å². The van der Waals surface area contributed by atoms with E-state index in [1.54, 1.807) is 12.1 Å². The maximum atomic E-state index is 12.7. The van der Waals surface area contributed by atoms with Gasteiger partial charge in [0.1, 0.15) is 0 Å². The molecule has 2 aromatic rings. The largest absolute Gasteiger partial charge is 0.479 e. The number of fused-ring (bicyclic) bond motifs is 1. The maximum Gasteiger partial charge on any atom is 0.416 e. The minimum Gasteiger partial charge on any atom is -0.479 e. The Labute approximate surface area is 171 Å². The third-order valence-electron chi connectivity index (χ3n) is 5.17. The number of benzene rings is 2. The first-order chi connectivity index (χ1) is 14.0. The number of halogens is 3. The summed E-state index contributed by atoms with van der Waals surface area (Å²) < 4.78 is 65.4. The normalized spacial score (nSPS) is 17.9. The number of rotatable bonds is 6. The Hall–Kier alpha value is -2.43. The van der Waals surface area contributed by atoms with Crippen LogP contribution in [0.5, 0.6) is 0 Å². The topological polar surface area (TPSA) is 104 Å². The molecule has 3 N–H and O–H groups in total. The number of sulfonamides is 1.